The first-order valence-electron chi connectivity index (χ1n) is 11.7. The lowest BCUT2D eigenvalue weighted by Gasteiger charge is -2.30. The highest BCUT2D eigenvalue weighted by molar-refractivity contribution is 5.95. The number of nitrogens with zero attached hydrogens (tertiary/aromatic N) is 4. The third kappa shape index (κ3) is 3.80. The predicted molar refractivity (Wildman–Crippen MR) is 128 cm³/mol. The zero-order chi connectivity index (χ0) is 22.2. The van der Waals surface area contributed by atoms with Gasteiger partial charge >= 0.3 is 6.01 Å². The fourth-order valence-electron chi connectivity index (χ4n) is 4.55. The third-order valence-corrected chi connectivity index (χ3v) is 6.73. The molecule has 0 atom stereocenters. The van der Waals surface area contributed by atoms with Crippen molar-refractivity contribution >= 4 is 16.6 Å². The van der Waals surface area contributed by atoms with Crippen LogP contribution < -0.4 is 10.1 Å². The number of aromatic nitrogens is 3. The number of fused-ring (bicyclic) bond motifs is 1. The van der Waals surface area contributed by atoms with Crippen molar-refractivity contribution in [1.82, 2.24) is 14.5 Å². The van der Waals surface area contributed by atoms with E-state index in [4.69, 9.17) is 4.74 Å². The molecule has 2 aliphatic rings. The third-order valence-electron chi connectivity index (χ3n) is 6.73. The number of rotatable bonds is 7. The van der Waals surface area contributed by atoms with Gasteiger partial charge in [0.15, 0.2) is 0 Å². The van der Waals surface area contributed by atoms with Crippen molar-refractivity contribution in [1.29, 1.82) is 5.26 Å². The summed E-state index contributed by atoms with van der Waals surface area (Å²) in [5.41, 5.74) is 4.95. The number of hydrogen-bond donors (Lipinski definition) is 1. The molecule has 0 bridgehead atoms. The maximum absolute atomic E-state index is 10.1. The Morgan fingerprint density at radius 2 is 1.82 bits per heavy atom. The fraction of sp³-hybridized carbons (Fsp3) is 0.296. The second-order valence-corrected chi connectivity index (χ2v) is 9.00. The lowest BCUT2D eigenvalue weighted by atomic mass is 9.92. The minimum Gasteiger partial charge on any atom is -0.424 e. The monoisotopic (exact) mass is 435 g/mol. The molecule has 2 aromatic heterocycles. The fourth-order valence-corrected chi connectivity index (χ4v) is 4.55. The molecule has 0 amide bonds. The van der Waals surface area contributed by atoms with Crippen LogP contribution in [0.2, 0.25) is 0 Å². The summed E-state index contributed by atoms with van der Waals surface area (Å²) in [6.45, 7) is 1.04. The molecule has 2 fully saturated rings. The van der Waals surface area contributed by atoms with Crippen LogP contribution >= 0.6 is 0 Å². The molecule has 0 unspecified atom stereocenters. The van der Waals surface area contributed by atoms with Crippen molar-refractivity contribution in [2.45, 2.75) is 38.1 Å². The Morgan fingerprint density at radius 3 is 2.48 bits per heavy atom. The van der Waals surface area contributed by atoms with Gasteiger partial charge in [-0.25, -0.2) is 9.97 Å². The van der Waals surface area contributed by atoms with E-state index in [-0.39, 0.29) is 0 Å². The van der Waals surface area contributed by atoms with E-state index in [1.807, 2.05) is 18.2 Å². The first-order chi connectivity index (χ1) is 16.3. The van der Waals surface area contributed by atoms with Crippen LogP contribution in [-0.2, 0) is 0 Å². The van der Waals surface area contributed by atoms with Crippen LogP contribution in [-0.4, -0.2) is 21.1 Å². The Labute approximate surface area is 192 Å². The summed E-state index contributed by atoms with van der Waals surface area (Å²) in [6.07, 6.45) is 9.44. The van der Waals surface area contributed by atoms with Crippen molar-refractivity contribution in [3.05, 3.63) is 66.5 Å². The minimum absolute atomic E-state index is 0.314. The van der Waals surface area contributed by atoms with Gasteiger partial charge in [0.25, 0.3) is 0 Å². The maximum atomic E-state index is 10.1. The summed E-state index contributed by atoms with van der Waals surface area (Å²) in [5, 5.41) is 14.6. The van der Waals surface area contributed by atoms with Crippen molar-refractivity contribution in [2.75, 3.05) is 11.9 Å². The standard InChI is InChI=1S/C27H25N5O/c28-16-24-23-12-11-22(33-27-29-13-2-14-30-27)15-25(23)32(21-3-1-4-21)26(24)19-7-9-20(10-8-19)31-17-18-5-6-18/h2,7-15,18,21,31H,1,3-6,17H2. The van der Waals surface area contributed by atoms with Gasteiger partial charge in [-0.2, -0.15) is 5.26 Å². The molecule has 0 aliphatic heterocycles. The van der Waals surface area contributed by atoms with Gasteiger partial charge in [0, 0.05) is 42.1 Å². The highest BCUT2D eigenvalue weighted by Gasteiger charge is 2.28. The number of nitriles is 1. The molecule has 2 saturated carbocycles. The molecule has 6 rings (SSSR count). The zero-order valence-electron chi connectivity index (χ0n) is 18.4. The van der Waals surface area contributed by atoms with Gasteiger partial charge in [0.1, 0.15) is 11.8 Å². The first-order valence-corrected chi connectivity index (χ1v) is 11.7. The van der Waals surface area contributed by atoms with E-state index in [0.29, 0.717) is 17.8 Å². The van der Waals surface area contributed by atoms with Crippen LogP contribution in [0.4, 0.5) is 5.69 Å². The number of ether oxygens (including phenoxy) is 1. The maximum Gasteiger partial charge on any atom is 0.321 e. The van der Waals surface area contributed by atoms with E-state index < -0.39 is 0 Å². The van der Waals surface area contributed by atoms with Crippen LogP contribution in [0.1, 0.15) is 43.7 Å². The first kappa shape index (κ1) is 19.8. The smallest absolute Gasteiger partial charge is 0.321 e. The molecule has 164 valence electrons. The highest BCUT2D eigenvalue weighted by Crippen LogP contribution is 2.43. The average Bonchev–Trinajstić information content (AvgIpc) is 3.60. The normalized spacial score (nSPS) is 15.7. The highest BCUT2D eigenvalue weighted by atomic mass is 16.5. The second kappa shape index (κ2) is 8.25. The van der Waals surface area contributed by atoms with E-state index in [2.05, 4.69) is 50.2 Å². The van der Waals surface area contributed by atoms with Crippen LogP contribution in [0.5, 0.6) is 11.8 Å². The van der Waals surface area contributed by atoms with E-state index in [1.165, 1.54) is 19.3 Å². The van der Waals surface area contributed by atoms with E-state index in [0.717, 1.165) is 58.7 Å². The van der Waals surface area contributed by atoms with E-state index in [9.17, 15) is 5.26 Å². The predicted octanol–water partition coefficient (Wildman–Crippen LogP) is 6.31. The molecule has 2 heterocycles. The van der Waals surface area contributed by atoms with Gasteiger partial charge in [-0.1, -0.05) is 12.1 Å². The molecule has 2 aromatic carbocycles. The Kier molecular flexibility index (Phi) is 4.95. The molecular formula is C27H25N5O. The molecule has 4 aromatic rings. The van der Waals surface area contributed by atoms with Gasteiger partial charge in [-0.3, -0.25) is 0 Å². The van der Waals surface area contributed by atoms with Crippen LogP contribution in [0.3, 0.4) is 0 Å². The Hall–Kier alpha value is -3.85. The van der Waals surface area contributed by atoms with Crippen LogP contribution in [0, 0.1) is 17.2 Å². The average molecular weight is 436 g/mol. The Morgan fingerprint density at radius 1 is 1.03 bits per heavy atom. The molecular weight excluding hydrogens is 410 g/mol. The van der Waals surface area contributed by atoms with Gasteiger partial charge < -0.3 is 14.6 Å². The summed E-state index contributed by atoms with van der Waals surface area (Å²) in [7, 11) is 0. The van der Waals surface area contributed by atoms with Gasteiger partial charge in [-0.15, -0.1) is 0 Å². The zero-order valence-corrected chi connectivity index (χ0v) is 18.4. The summed E-state index contributed by atoms with van der Waals surface area (Å²) in [6, 6.07) is 19.4. The molecule has 0 radical (unpaired) electrons. The van der Waals surface area contributed by atoms with E-state index in [1.54, 1.807) is 18.5 Å². The second-order valence-electron chi connectivity index (χ2n) is 9.00. The number of hydrogen-bond acceptors (Lipinski definition) is 5. The summed E-state index contributed by atoms with van der Waals surface area (Å²) in [5.74, 6) is 1.50. The van der Waals surface area contributed by atoms with Crippen molar-refractivity contribution in [2.24, 2.45) is 5.92 Å². The summed E-state index contributed by atoms with van der Waals surface area (Å²) >= 11 is 0. The lowest BCUT2D eigenvalue weighted by molar-refractivity contribution is 0.324. The largest absolute Gasteiger partial charge is 0.424 e. The molecule has 6 heteroatoms. The van der Waals surface area contributed by atoms with E-state index >= 15 is 0 Å². The quantitative estimate of drug-likeness (QED) is 0.368. The number of benzene rings is 2. The molecule has 33 heavy (non-hydrogen) atoms. The lowest BCUT2D eigenvalue weighted by Crippen LogP contribution is -2.17. The van der Waals surface area contributed by atoms with Gasteiger partial charge in [0.2, 0.25) is 0 Å². The minimum atomic E-state index is 0.314. The number of anilines is 1. The Bertz CT molecular complexity index is 1330. The van der Waals surface area contributed by atoms with Gasteiger partial charge in [0.05, 0.1) is 16.8 Å². The molecule has 1 N–H and O–H groups in total. The number of nitrogens with one attached hydrogen (secondary N) is 1. The summed E-state index contributed by atoms with van der Waals surface area (Å²) < 4.78 is 8.25. The van der Waals surface area contributed by atoms with Gasteiger partial charge in [-0.05, 0) is 73.9 Å². The van der Waals surface area contributed by atoms with Crippen LogP contribution in [0.15, 0.2) is 60.9 Å². The molecule has 2 aliphatic carbocycles. The SMILES string of the molecule is N#Cc1c(-c2ccc(NCC3CC3)cc2)n(C2CCC2)c2cc(Oc3ncccn3)ccc12. The summed E-state index contributed by atoms with van der Waals surface area (Å²) in [4.78, 5) is 8.33. The topological polar surface area (TPSA) is 75.8 Å². The molecule has 6 nitrogen and oxygen atoms in total. The van der Waals surface area contributed by atoms with Crippen molar-refractivity contribution in [3.8, 4) is 29.1 Å². The Balaban J connectivity index is 1.42. The van der Waals surface area contributed by atoms with Crippen molar-refractivity contribution < 1.29 is 4.74 Å². The molecule has 0 spiro atoms. The molecule has 0 saturated heterocycles. The van der Waals surface area contributed by atoms with Crippen LogP contribution in [0.25, 0.3) is 22.2 Å². The van der Waals surface area contributed by atoms with Crippen molar-refractivity contribution in [3.63, 3.8) is 0 Å².